The molecule has 22 heavy (non-hydrogen) atoms. The van der Waals surface area contributed by atoms with Crippen molar-refractivity contribution in [1.29, 1.82) is 5.26 Å². The molecule has 0 unspecified atom stereocenters. The number of phenolic OH excluding ortho intramolecular Hbond substituents is 1. The number of phenols is 1. The molecule has 1 aromatic carbocycles. The van der Waals surface area contributed by atoms with E-state index in [9.17, 15) is 10.4 Å². The lowest BCUT2D eigenvalue weighted by Gasteiger charge is -2.36. The Morgan fingerprint density at radius 1 is 1.41 bits per heavy atom. The van der Waals surface area contributed by atoms with E-state index in [0.717, 1.165) is 44.1 Å². The van der Waals surface area contributed by atoms with Crippen molar-refractivity contribution in [3.05, 3.63) is 23.3 Å². The maximum Gasteiger partial charge on any atom is 0.162 e. The average Bonchev–Trinajstić information content (AvgIpc) is 3.38. The van der Waals surface area contributed by atoms with Crippen LogP contribution in [0, 0.1) is 17.2 Å². The van der Waals surface area contributed by atoms with Gasteiger partial charge in [0.2, 0.25) is 0 Å². The van der Waals surface area contributed by atoms with Gasteiger partial charge in [-0.2, -0.15) is 5.26 Å². The highest BCUT2D eigenvalue weighted by atomic mass is 16.5. The van der Waals surface area contributed by atoms with E-state index in [4.69, 9.17) is 4.74 Å². The molecule has 118 valence electrons. The van der Waals surface area contributed by atoms with Gasteiger partial charge in [-0.3, -0.25) is 4.90 Å². The Balaban J connectivity index is 1.96. The number of aromatic hydroxyl groups is 1. The van der Waals surface area contributed by atoms with Gasteiger partial charge in [0.1, 0.15) is 0 Å². The summed E-state index contributed by atoms with van der Waals surface area (Å²) in [4.78, 5) is 2.42. The smallest absolute Gasteiger partial charge is 0.162 e. The second-order valence-electron chi connectivity index (χ2n) is 6.21. The van der Waals surface area contributed by atoms with Gasteiger partial charge < -0.3 is 15.2 Å². The fourth-order valence-electron chi connectivity index (χ4n) is 3.24. The first-order valence-corrected chi connectivity index (χ1v) is 7.98. The molecule has 1 saturated carbocycles. The summed E-state index contributed by atoms with van der Waals surface area (Å²) in [5.74, 6) is 1.33. The van der Waals surface area contributed by atoms with Gasteiger partial charge in [-0.1, -0.05) is 12.8 Å². The van der Waals surface area contributed by atoms with Gasteiger partial charge in [0.25, 0.3) is 0 Å². The van der Waals surface area contributed by atoms with E-state index in [1.807, 2.05) is 6.07 Å². The maximum atomic E-state index is 10.6. The van der Waals surface area contributed by atoms with Crippen LogP contribution in [0.25, 0.3) is 0 Å². The van der Waals surface area contributed by atoms with Crippen LogP contribution >= 0.6 is 0 Å². The molecule has 5 heteroatoms. The maximum absolute atomic E-state index is 10.6. The van der Waals surface area contributed by atoms with Crippen LogP contribution in [0.2, 0.25) is 0 Å². The monoisotopic (exact) mass is 301 g/mol. The molecule has 2 N–H and O–H groups in total. The first-order chi connectivity index (χ1) is 10.7. The topological polar surface area (TPSA) is 68.5 Å². The van der Waals surface area contributed by atoms with Gasteiger partial charge in [-0.25, -0.2) is 0 Å². The van der Waals surface area contributed by atoms with Crippen molar-refractivity contribution in [3.8, 4) is 17.6 Å². The van der Waals surface area contributed by atoms with Crippen LogP contribution in [-0.4, -0.2) is 43.3 Å². The summed E-state index contributed by atoms with van der Waals surface area (Å²) in [6.07, 6.45) is 3.60. The third-order valence-electron chi connectivity index (χ3n) is 4.66. The highest BCUT2D eigenvalue weighted by Gasteiger charge is 2.32. The number of methoxy groups -OCH3 is 1. The molecule has 1 aromatic rings. The zero-order valence-corrected chi connectivity index (χ0v) is 13.0. The molecule has 0 spiro atoms. The van der Waals surface area contributed by atoms with Crippen LogP contribution in [0.4, 0.5) is 0 Å². The van der Waals surface area contributed by atoms with Gasteiger partial charge in [-0.15, -0.1) is 0 Å². The Morgan fingerprint density at radius 2 is 2.14 bits per heavy atom. The number of hydrogen-bond donors (Lipinski definition) is 2. The van der Waals surface area contributed by atoms with Crippen molar-refractivity contribution in [2.75, 3.05) is 33.3 Å². The average molecular weight is 301 g/mol. The molecular weight excluding hydrogens is 278 g/mol. The van der Waals surface area contributed by atoms with Crippen molar-refractivity contribution in [2.24, 2.45) is 5.92 Å². The highest BCUT2D eigenvalue weighted by molar-refractivity contribution is 5.53. The number of rotatable bonds is 5. The summed E-state index contributed by atoms with van der Waals surface area (Å²) in [7, 11) is 1.53. The summed E-state index contributed by atoms with van der Waals surface area (Å²) in [6, 6.07) is 5.77. The minimum Gasteiger partial charge on any atom is -0.504 e. The van der Waals surface area contributed by atoms with E-state index >= 15 is 0 Å². The largest absolute Gasteiger partial charge is 0.504 e. The molecule has 5 nitrogen and oxygen atoms in total. The molecule has 1 atom stereocenters. The molecule has 3 rings (SSSR count). The Kier molecular flexibility index (Phi) is 4.51. The van der Waals surface area contributed by atoms with Gasteiger partial charge >= 0.3 is 0 Å². The van der Waals surface area contributed by atoms with Gasteiger partial charge in [0.15, 0.2) is 11.5 Å². The van der Waals surface area contributed by atoms with Gasteiger partial charge in [0.05, 0.1) is 18.7 Å². The quantitative estimate of drug-likeness (QED) is 0.871. The third kappa shape index (κ3) is 3.18. The first-order valence-electron chi connectivity index (χ1n) is 7.98. The zero-order valence-electron chi connectivity index (χ0n) is 13.0. The molecule has 0 radical (unpaired) electrons. The minimum atomic E-state index is 0.164. The summed E-state index contributed by atoms with van der Waals surface area (Å²) in [5, 5.41) is 23.2. The fraction of sp³-hybridized carbons (Fsp3) is 0.588. The number of ether oxygens (including phenoxy) is 1. The lowest BCUT2D eigenvalue weighted by atomic mass is 9.95. The zero-order chi connectivity index (χ0) is 15.5. The van der Waals surface area contributed by atoms with Crippen molar-refractivity contribution in [2.45, 2.75) is 25.3 Å². The number of nitrogens with one attached hydrogen (secondary N) is 1. The molecule has 1 saturated heterocycles. The molecule has 1 heterocycles. The van der Waals surface area contributed by atoms with Crippen LogP contribution in [0.3, 0.4) is 0 Å². The number of piperazine rings is 1. The standard InChI is InChI=1S/C17H23N3O2/c1-22-16-10-13(11-18)8-14(17(16)21)15(9-12-2-3-12)20-6-4-19-5-7-20/h8,10,12,15,19,21H,2-7,9H2,1H3/t15-/m1/s1. The summed E-state index contributed by atoms with van der Waals surface area (Å²) in [6.45, 7) is 3.87. The second kappa shape index (κ2) is 6.55. The molecule has 1 aliphatic carbocycles. The summed E-state index contributed by atoms with van der Waals surface area (Å²) in [5.41, 5.74) is 1.38. The van der Waals surface area contributed by atoms with Crippen molar-refractivity contribution in [3.63, 3.8) is 0 Å². The van der Waals surface area contributed by atoms with Crippen LogP contribution in [0.15, 0.2) is 12.1 Å². The van der Waals surface area contributed by atoms with Crippen LogP contribution < -0.4 is 10.1 Å². The Hall–Kier alpha value is -1.77. The van der Waals surface area contributed by atoms with Crippen LogP contribution in [-0.2, 0) is 0 Å². The highest BCUT2D eigenvalue weighted by Crippen LogP contribution is 2.44. The molecule has 2 fully saturated rings. The summed E-state index contributed by atoms with van der Waals surface area (Å²) < 4.78 is 5.25. The molecule has 0 bridgehead atoms. The molecular formula is C17H23N3O2. The Labute approximate surface area is 131 Å². The van der Waals surface area contributed by atoms with E-state index < -0.39 is 0 Å². The normalized spacial score (nSPS) is 20.4. The molecule has 2 aliphatic rings. The lowest BCUT2D eigenvalue weighted by Crippen LogP contribution is -2.45. The number of benzene rings is 1. The predicted octanol–water partition coefficient (Wildman–Crippen LogP) is 2.02. The lowest BCUT2D eigenvalue weighted by molar-refractivity contribution is 0.157. The van der Waals surface area contributed by atoms with E-state index in [-0.39, 0.29) is 11.8 Å². The van der Waals surface area contributed by atoms with E-state index in [0.29, 0.717) is 11.3 Å². The van der Waals surface area contributed by atoms with Crippen molar-refractivity contribution >= 4 is 0 Å². The Morgan fingerprint density at radius 3 is 2.73 bits per heavy atom. The molecule has 0 amide bonds. The number of nitriles is 1. The van der Waals surface area contributed by atoms with E-state index in [1.165, 1.54) is 20.0 Å². The molecule has 1 aliphatic heterocycles. The minimum absolute atomic E-state index is 0.164. The number of nitrogens with zero attached hydrogens (tertiary/aromatic N) is 2. The molecule has 0 aromatic heterocycles. The third-order valence-corrected chi connectivity index (χ3v) is 4.66. The fourth-order valence-corrected chi connectivity index (χ4v) is 3.24. The second-order valence-corrected chi connectivity index (χ2v) is 6.21. The van der Waals surface area contributed by atoms with Gasteiger partial charge in [-0.05, 0) is 18.4 Å². The van der Waals surface area contributed by atoms with Crippen molar-refractivity contribution in [1.82, 2.24) is 10.2 Å². The van der Waals surface area contributed by atoms with Crippen LogP contribution in [0.1, 0.15) is 36.4 Å². The van der Waals surface area contributed by atoms with Gasteiger partial charge in [0, 0.05) is 43.9 Å². The summed E-state index contributed by atoms with van der Waals surface area (Å²) >= 11 is 0. The van der Waals surface area contributed by atoms with E-state index in [2.05, 4.69) is 16.3 Å². The van der Waals surface area contributed by atoms with E-state index in [1.54, 1.807) is 6.07 Å². The predicted molar refractivity (Wildman–Crippen MR) is 83.9 cm³/mol. The first kappa shape index (κ1) is 15.1. The SMILES string of the molecule is COc1cc(C#N)cc([C@@H](CC2CC2)N2CCNCC2)c1O. The number of hydrogen-bond acceptors (Lipinski definition) is 5. The Bertz CT molecular complexity index is 572. The van der Waals surface area contributed by atoms with Crippen molar-refractivity contribution < 1.29 is 9.84 Å². The van der Waals surface area contributed by atoms with Crippen LogP contribution in [0.5, 0.6) is 11.5 Å².